The molecule has 0 spiro atoms. The molecule has 0 aromatic heterocycles. The second kappa shape index (κ2) is 5.91. The van der Waals surface area contributed by atoms with E-state index >= 15 is 0 Å². The molecule has 3 aliphatic rings. The molecule has 2 fully saturated rings. The van der Waals surface area contributed by atoms with Crippen LogP contribution in [-0.4, -0.2) is 62.3 Å². The molecule has 0 saturated carbocycles. The van der Waals surface area contributed by atoms with Crippen molar-refractivity contribution in [1.82, 2.24) is 9.80 Å². The number of hydrogen-bond acceptors (Lipinski definition) is 3. The van der Waals surface area contributed by atoms with Crippen LogP contribution in [0.25, 0.3) is 0 Å². The molecule has 0 radical (unpaired) electrons. The number of nitrogens with zero attached hydrogens (tertiary/aromatic N) is 2. The standard InChI is InChI=1S/C14H23ClN2O/c15-14-2-1-12-10-17(11-13(12)9-14)4-3-16-5-7-18-8-6-16/h2,12-13H,1,3-11H2/t12-,13+/m1/s1. The fraction of sp³-hybridized carbons (Fsp3) is 0.857. The van der Waals surface area contributed by atoms with Gasteiger partial charge in [0.15, 0.2) is 0 Å². The zero-order chi connectivity index (χ0) is 12.4. The summed E-state index contributed by atoms with van der Waals surface area (Å²) in [5.74, 6) is 1.67. The molecular weight excluding hydrogens is 248 g/mol. The van der Waals surface area contributed by atoms with Crippen molar-refractivity contribution in [3.63, 3.8) is 0 Å². The molecule has 2 saturated heterocycles. The van der Waals surface area contributed by atoms with E-state index < -0.39 is 0 Å². The van der Waals surface area contributed by atoms with Crippen LogP contribution in [-0.2, 0) is 4.74 Å². The van der Waals surface area contributed by atoms with Gasteiger partial charge in [0.2, 0.25) is 0 Å². The van der Waals surface area contributed by atoms with Gasteiger partial charge in [0, 0.05) is 44.3 Å². The van der Waals surface area contributed by atoms with Crippen LogP contribution in [0, 0.1) is 11.8 Å². The van der Waals surface area contributed by atoms with E-state index in [1.807, 2.05) is 0 Å². The van der Waals surface area contributed by atoms with Gasteiger partial charge in [-0.1, -0.05) is 17.7 Å². The molecule has 0 aromatic rings. The number of halogens is 1. The van der Waals surface area contributed by atoms with Gasteiger partial charge in [0.05, 0.1) is 13.2 Å². The summed E-state index contributed by atoms with van der Waals surface area (Å²) in [4.78, 5) is 5.16. The van der Waals surface area contributed by atoms with Gasteiger partial charge in [-0.05, 0) is 24.7 Å². The average molecular weight is 271 g/mol. The summed E-state index contributed by atoms with van der Waals surface area (Å²) in [5, 5.41) is 1.09. The van der Waals surface area contributed by atoms with Gasteiger partial charge >= 0.3 is 0 Å². The van der Waals surface area contributed by atoms with Crippen molar-refractivity contribution in [3.8, 4) is 0 Å². The number of rotatable bonds is 3. The summed E-state index contributed by atoms with van der Waals surface area (Å²) >= 11 is 6.15. The molecular formula is C14H23ClN2O. The Balaban J connectivity index is 1.43. The summed E-state index contributed by atoms with van der Waals surface area (Å²) < 4.78 is 5.38. The molecule has 2 heterocycles. The van der Waals surface area contributed by atoms with E-state index in [0.717, 1.165) is 49.6 Å². The van der Waals surface area contributed by atoms with Crippen molar-refractivity contribution in [2.75, 3.05) is 52.5 Å². The van der Waals surface area contributed by atoms with E-state index in [4.69, 9.17) is 16.3 Å². The maximum Gasteiger partial charge on any atom is 0.0594 e. The van der Waals surface area contributed by atoms with Gasteiger partial charge in [0.1, 0.15) is 0 Å². The normalized spacial score (nSPS) is 34.4. The first-order valence-electron chi connectivity index (χ1n) is 7.18. The Morgan fingerprint density at radius 1 is 1.11 bits per heavy atom. The van der Waals surface area contributed by atoms with Gasteiger partial charge in [0.25, 0.3) is 0 Å². The SMILES string of the molecule is ClC1=CC[C@@H]2CN(CCN3CCOCC3)C[C@@H]2C1. The predicted molar refractivity (Wildman–Crippen MR) is 73.8 cm³/mol. The third-order valence-corrected chi connectivity index (χ3v) is 4.90. The smallest absolute Gasteiger partial charge is 0.0594 e. The number of allylic oxidation sites excluding steroid dienone is 2. The van der Waals surface area contributed by atoms with Crippen molar-refractivity contribution in [1.29, 1.82) is 0 Å². The Kier molecular flexibility index (Phi) is 4.24. The zero-order valence-corrected chi connectivity index (χ0v) is 11.7. The third-order valence-electron chi connectivity index (χ3n) is 4.59. The highest BCUT2D eigenvalue weighted by atomic mass is 35.5. The lowest BCUT2D eigenvalue weighted by Crippen LogP contribution is -2.41. The summed E-state index contributed by atoms with van der Waals surface area (Å²) in [7, 11) is 0. The highest BCUT2D eigenvalue weighted by Crippen LogP contribution is 2.36. The first-order chi connectivity index (χ1) is 8.81. The molecule has 102 valence electrons. The van der Waals surface area contributed by atoms with E-state index in [-0.39, 0.29) is 0 Å². The average Bonchev–Trinajstić information content (AvgIpc) is 2.79. The number of morpholine rings is 1. The first-order valence-corrected chi connectivity index (χ1v) is 7.56. The molecule has 3 nitrogen and oxygen atoms in total. The van der Waals surface area contributed by atoms with Crippen molar-refractivity contribution in [2.24, 2.45) is 11.8 Å². The zero-order valence-electron chi connectivity index (χ0n) is 11.0. The highest BCUT2D eigenvalue weighted by molar-refractivity contribution is 6.29. The van der Waals surface area contributed by atoms with Crippen LogP contribution < -0.4 is 0 Å². The molecule has 3 rings (SSSR count). The maximum atomic E-state index is 6.15. The Bertz CT molecular complexity index is 315. The van der Waals surface area contributed by atoms with Gasteiger partial charge in [-0.15, -0.1) is 0 Å². The van der Waals surface area contributed by atoms with Crippen LogP contribution in [0.1, 0.15) is 12.8 Å². The monoisotopic (exact) mass is 270 g/mol. The summed E-state index contributed by atoms with van der Waals surface area (Å²) in [6.45, 7) is 8.96. The topological polar surface area (TPSA) is 15.7 Å². The van der Waals surface area contributed by atoms with Crippen LogP contribution in [0.2, 0.25) is 0 Å². The fourth-order valence-electron chi connectivity index (χ4n) is 3.44. The van der Waals surface area contributed by atoms with Gasteiger partial charge in [-0.3, -0.25) is 4.90 Å². The van der Waals surface area contributed by atoms with Gasteiger partial charge in [-0.2, -0.15) is 0 Å². The van der Waals surface area contributed by atoms with E-state index in [1.54, 1.807) is 0 Å². The molecule has 2 aliphatic heterocycles. The largest absolute Gasteiger partial charge is 0.379 e. The van der Waals surface area contributed by atoms with Crippen LogP contribution in [0.15, 0.2) is 11.1 Å². The van der Waals surface area contributed by atoms with Crippen molar-refractivity contribution >= 4 is 11.6 Å². The molecule has 0 aromatic carbocycles. The first kappa shape index (κ1) is 12.9. The van der Waals surface area contributed by atoms with Crippen molar-refractivity contribution < 1.29 is 4.74 Å². The van der Waals surface area contributed by atoms with E-state index in [2.05, 4.69) is 15.9 Å². The summed E-state index contributed by atoms with van der Waals surface area (Å²) in [6, 6.07) is 0. The van der Waals surface area contributed by atoms with E-state index in [9.17, 15) is 0 Å². The lowest BCUT2D eigenvalue weighted by atomic mass is 9.86. The Labute approximate surface area is 115 Å². The number of hydrogen-bond donors (Lipinski definition) is 0. The van der Waals surface area contributed by atoms with Crippen molar-refractivity contribution in [2.45, 2.75) is 12.8 Å². The quantitative estimate of drug-likeness (QED) is 0.778. The Morgan fingerprint density at radius 2 is 1.83 bits per heavy atom. The van der Waals surface area contributed by atoms with Crippen LogP contribution in [0.4, 0.5) is 0 Å². The molecule has 2 atom stereocenters. The molecule has 0 amide bonds. The molecule has 1 aliphatic carbocycles. The number of fused-ring (bicyclic) bond motifs is 1. The van der Waals surface area contributed by atoms with Crippen LogP contribution >= 0.6 is 11.6 Å². The highest BCUT2D eigenvalue weighted by Gasteiger charge is 2.34. The number of likely N-dealkylation sites (tertiary alicyclic amines) is 1. The minimum atomic E-state index is 0.812. The molecule has 0 bridgehead atoms. The van der Waals surface area contributed by atoms with Crippen molar-refractivity contribution in [3.05, 3.63) is 11.1 Å². The molecule has 0 unspecified atom stereocenters. The Hall–Kier alpha value is -0.0900. The molecule has 18 heavy (non-hydrogen) atoms. The van der Waals surface area contributed by atoms with Crippen LogP contribution in [0.3, 0.4) is 0 Å². The second-order valence-corrected chi connectivity index (χ2v) is 6.31. The molecule has 4 heteroatoms. The number of ether oxygens (including phenoxy) is 1. The molecule has 0 N–H and O–H groups in total. The third kappa shape index (κ3) is 3.08. The second-order valence-electron chi connectivity index (χ2n) is 5.82. The predicted octanol–water partition coefficient (Wildman–Crippen LogP) is 1.78. The fourth-order valence-corrected chi connectivity index (χ4v) is 3.72. The van der Waals surface area contributed by atoms with Gasteiger partial charge < -0.3 is 9.64 Å². The Morgan fingerprint density at radius 3 is 2.67 bits per heavy atom. The van der Waals surface area contributed by atoms with Crippen LogP contribution in [0.5, 0.6) is 0 Å². The summed E-state index contributed by atoms with van der Waals surface area (Å²) in [5.41, 5.74) is 0. The maximum absolute atomic E-state index is 6.15. The van der Waals surface area contributed by atoms with E-state index in [1.165, 1.54) is 32.6 Å². The van der Waals surface area contributed by atoms with Gasteiger partial charge in [-0.25, -0.2) is 0 Å². The minimum Gasteiger partial charge on any atom is -0.379 e. The minimum absolute atomic E-state index is 0.812. The lowest BCUT2D eigenvalue weighted by molar-refractivity contribution is 0.0342. The summed E-state index contributed by atoms with van der Waals surface area (Å²) in [6.07, 6.45) is 4.53. The van der Waals surface area contributed by atoms with E-state index in [0.29, 0.717) is 0 Å². The lowest BCUT2D eigenvalue weighted by Gasteiger charge is -2.28.